The maximum atomic E-state index is 12.6. The number of carbonyl (C=O) groups is 1. The molecule has 0 aliphatic rings. The highest BCUT2D eigenvalue weighted by Crippen LogP contribution is 2.14. The SMILES string of the molecule is CCCc1nc2ccccn2c1C(=O)NCCCCN(CC)CC. The highest BCUT2D eigenvalue weighted by Gasteiger charge is 2.17. The minimum atomic E-state index is -0.0139. The summed E-state index contributed by atoms with van der Waals surface area (Å²) in [6.07, 6.45) is 5.83. The molecule has 0 radical (unpaired) electrons. The van der Waals surface area contributed by atoms with E-state index in [2.05, 4.69) is 36.0 Å². The Morgan fingerprint density at radius 3 is 2.71 bits per heavy atom. The van der Waals surface area contributed by atoms with Crippen LogP contribution in [0.1, 0.15) is 56.2 Å². The van der Waals surface area contributed by atoms with Crippen molar-refractivity contribution in [3.05, 3.63) is 35.8 Å². The minimum absolute atomic E-state index is 0.0139. The summed E-state index contributed by atoms with van der Waals surface area (Å²) >= 11 is 0. The summed E-state index contributed by atoms with van der Waals surface area (Å²) in [5.41, 5.74) is 2.42. The number of carbonyl (C=O) groups excluding carboxylic acids is 1. The summed E-state index contributed by atoms with van der Waals surface area (Å²) in [6.45, 7) is 10.5. The first-order chi connectivity index (χ1) is 11.7. The molecular formula is C19H30N4O. The predicted octanol–water partition coefficient (Wildman–Crippen LogP) is 3.14. The molecule has 0 fully saturated rings. The molecule has 24 heavy (non-hydrogen) atoms. The lowest BCUT2D eigenvalue weighted by Gasteiger charge is -2.17. The van der Waals surface area contributed by atoms with E-state index in [9.17, 15) is 4.79 Å². The number of aromatic nitrogens is 2. The quantitative estimate of drug-likeness (QED) is 0.681. The van der Waals surface area contributed by atoms with Crippen LogP contribution < -0.4 is 5.32 Å². The third kappa shape index (κ3) is 4.57. The van der Waals surface area contributed by atoms with E-state index in [0.29, 0.717) is 12.2 Å². The van der Waals surface area contributed by atoms with Crippen LogP contribution in [0.25, 0.3) is 5.65 Å². The predicted molar refractivity (Wildman–Crippen MR) is 98.5 cm³/mol. The Balaban J connectivity index is 1.94. The Morgan fingerprint density at radius 2 is 2.00 bits per heavy atom. The van der Waals surface area contributed by atoms with Crippen LogP contribution in [0.4, 0.5) is 0 Å². The average Bonchev–Trinajstić information content (AvgIpc) is 2.96. The summed E-state index contributed by atoms with van der Waals surface area (Å²) < 4.78 is 1.90. The highest BCUT2D eigenvalue weighted by atomic mass is 16.1. The Bertz CT molecular complexity index is 646. The number of pyridine rings is 1. The van der Waals surface area contributed by atoms with Gasteiger partial charge in [-0.3, -0.25) is 9.20 Å². The molecule has 0 aliphatic heterocycles. The van der Waals surface area contributed by atoms with Gasteiger partial charge in [-0.15, -0.1) is 0 Å². The van der Waals surface area contributed by atoms with E-state index in [1.54, 1.807) is 0 Å². The molecule has 0 atom stereocenters. The first-order valence-electron chi connectivity index (χ1n) is 9.17. The summed E-state index contributed by atoms with van der Waals surface area (Å²) in [5.74, 6) is -0.0139. The van der Waals surface area contributed by atoms with Gasteiger partial charge >= 0.3 is 0 Å². The smallest absolute Gasteiger partial charge is 0.270 e. The van der Waals surface area contributed by atoms with E-state index in [1.165, 1.54) is 0 Å². The summed E-state index contributed by atoms with van der Waals surface area (Å²) in [4.78, 5) is 19.7. The lowest BCUT2D eigenvalue weighted by Crippen LogP contribution is -2.28. The van der Waals surface area contributed by atoms with Crippen molar-refractivity contribution in [3.63, 3.8) is 0 Å². The van der Waals surface area contributed by atoms with Gasteiger partial charge in [0.1, 0.15) is 11.3 Å². The molecule has 1 amide bonds. The molecule has 2 heterocycles. The first-order valence-corrected chi connectivity index (χ1v) is 9.17. The van der Waals surface area contributed by atoms with Crippen molar-refractivity contribution < 1.29 is 4.79 Å². The maximum absolute atomic E-state index is 12.6. The number of aryl methyl sites for hydroxylation is 1. The molecule has 0 aromatic carbocycles. The number of nitrogens with zero attached hydrogens (tertiary/aromatic N) is 3. The molecule has 2 aromatic heterocycles. The fourth-order valence-electron chi connectivity index (χ4n) is 2.98. The van der Waals surface area contributed by atoms with Crippen LogP contribution in [-0.2, 0) is 6.42 Å². The molecule has 1 N–H and O–H groups in total. The average molecular weight is 330 g/mol. The summed E-state index contributed by atoms with van der Waals surface area (Å²) in [6, 6.07) is 5.83. The van der Waals surface area contributed by atoms with Gasteiger partial charge in [0.05, 0.1) is 5.69 Å². The van der Waals surface area contributed by atoms with Crippen LogP contribution in [-0.4, -0.2) is 46.4 Å². The minimum Gasteiger partial charge on any atom is -0.351 e. The molecular weight excluding hydrogens is 300 g/mol. The number of fused-ring (bicyclic) bond motifs is 1. The van der Waals surface area contributed by atoms with Crippen LogP contribution in [0, 0.1) is 0 Å². The van der Waals surface area contributed by atoms with E-state index in [4.69, 9.17) is 0 Å². The van der Waals surface area contributed by atoms with Crippen molar-refractivity contribution in [2.45, 2.75) is 46.5 Å². The van der Waals surface area contributed by atoms with Crippen LogP contribution >= 0.6 is 0 Å². The second-order valence-electron chi connectivity index (χ2n) is 6.08. The summed E-state index contributed by atoms with van der Waals surface area (Å²) in [5, 5.41) is 3.07. The number of imidazole rings is 1. The molecule has 0 saturated carbocycles. The molecule has 0 saturated heterocycles. The zero-order chi connectivity index (χ0) is 17.4. The molecule has 0 spiro atoms. The summed E-state index contributed by atoms with van der Waals surface area (Å²) in [7, 11) is 0. The highest BCUT2D eigenvalue weighted by molar-refractivity contribution is 5.94. The van der Waals surface area contributed by atoms with Gasteiger partial charge in [-0.1, -0.05) is 33.3 Å². The molecule has 2 aromatic rings. The molecule has 132 valence electrons. The van der Waals surface area contributed by atoms with Gasteiger partial charge in [-0.25, -0.2) is 4.98 Å². The van der Waals surface area contributed by atoms with Crippen LogP contribution in [0.15, 0.2) is 24.4 Å². The van der Waals surface area contributed by atoms with Gasteiger partial charge in [-0.05, 0) is 51.0 Å². The fraction of sp³-hybridized carbons (Fsp3) is 0.579. The Morgan fingerprint density at radius 1 is 1.21 bits per heavy atom. The third-order valence-corrected chi connectivity index (χ3v) is 4.39. The largest absolute Gasteiger partial charge is 0.351 e. The Hall–Kier alpha value is -1.88. The fourth-order valence-corrected chi connectivity index (χ4v) is 2.98. The van der Waals surface area contributed by atoms with E-state index in [1.807, 2.05) is 28.8 Å². The second-order valence-corrected chi connectivity index (χ2v) is 6.08. The topological polar surface area (TPSA) is 49.6 Å². The number of rotatable bonds is 10. The van der Waals surface area contributed by atoms with Crippen molar-refractivity contribution in [2.75, 3.05) is 26.2 Å². The van der Waals surface area contributed by atoms with E-state index < -0.39 is 0 Å². The van der Waals surface area contributed by atoms with E-state index >= 15 is 0 Å². The van der Waals surface area contributed by atoms with Gasteiger partial charge in [-0.2, -0.15) is 0 Å². The van der Waals surface area contributed by atoms with Gasteiger partial charge in [0.25, 0.3) is 5.91 Å². The standard InChI is InChI=1S/C19H30N4O/c1-4-11-16-18(23-15-9-7-12-17(23)21-16)19(24)20-13-8-10-14-22(5-2)6-3/h7,9,12,15H,4-6,8,10-11,13-14H2,1-3H3,(H,20,24). The monoisotopic (exact) mass is 330 g/mol. The molecule has 0 unspecified atom stereocenters. The number of unbranched alkanes of at least 4 members (excludes halogenated alkanes) is 1. The van der Waals surface area contributed by atoms with Crippen molar-refractivity contribution in [3.8, 4) is 0 Å². The van der Waals surface area contributed by atoms with Gasteiger partial charge in [0, 0.05) is 12.7 Å². The van der Waals surface area contributed by atoms with Crippen molar-refractivity contribution in [1.29, 1.82) is 0 Å². The maximum Gasteiger partial charge on any atom is 0.270 e. The number of amides is 1. The Labute approximate surface area is 145 Å². The number of hydrogen-bond donors (Lipinski definition) is 1. The van der Waals surface area contributed by atoms with Gasteiger partial charge < -0.3 is 10.2 Å². The van der Waals surface area contributed by atoms with Crippen molar-refractivity contribution >= 4 is 11.6 Å². The lowest BCUT2D eigenvalue weighted by molar-refractivity contribution is 0.0945. The van der Waals surface area contributed by atoms with Crippen LogP contribution in [0.5, 0.6) is 0 Å². The van der Waals surface area contributed by atoms with Crippen LogP contribution in [0.2, 0.25) is 0 Å². The zero-order valence-corrected chi connectivity index (χ0v) is 15.2. The molecule has 0 aliphatic carbocycles. The molecule has 5 heteroatoms. The van der Waals surface area contributed by atoms with E-state index in [-0.39, 0.29) is 5.91 Å². The molecule has 2 rings (SSSR count). The van der Waals surface area contributed by atoms with E-state index in [0.717, 1.165) is 56.7 Å². The van der Waals surface area contributed by atoms with Gasteiger partial charge in [0.2, 0.25) is 0 Å². The third-order valence-electron chi connectivity index (χ3n) is 4.39. The zero-order valence-electron chi connectivity index (χ0n) is 15.2. The first kappa shape index (κ1) is 18.5. The Kier molecular flexibility index (Phi) is 7.25. The number of nitrogens with one attached hydrogen (secondary N) is 1. The second kappa shape index (κ2) is 9.42. The van der Waals surface area contributed by atoms with Crippen molar-refractivity contribution in [1.82, 2.24) is 19.6 Å². The van der Waals surface area contributed by atoms with Crippen molar-refractivity contribution in [2.24, 2.45) is 0 Å². The number of hydrogen-bond acceptors (Lipinski definition) is 3. The van der Waals surface area contributed by atoms with Gasteiger partial charge in [0.15, 0.2) is 0 Å². The lowest BCUT2D eigenvalue weighted by atomic mass is 10.2. The normalized spacial score (nSPS) is 11.3. The van der Waals surface area contributed by atoms with Crippen LogP contribution in [0.3, 0.4) is 0 Å². The molecule has 5 nitrogen and oxygen atoms in total. The molecule has 0 bridgehead atoms.